The lowest BCUT2D eigenvalue weighted by Crippen LogP contribution is -1.96. The number of unbranched alkanes of at least 4 members (excludes halogenated alkanes) is 1. The Bertz CT molecular complexity index is 1330. The predicted octanol–water partition coefficient (Wildman–Crippen LogP) is 6.62. The highest BCUT2D eigenvalue weighted by atomic mass is 16.5. The average Bonchev–Trinajstić information content (AvgIpc) is 3.32. The van der Waals surface area contributed by atoms with Crippen molar-refractivity contribution in [3.63, 3.8) is 0 Å². The number of aryl methyl sites for hydroxylation is 3. The van der Waals surface area contributed by atoms with Crippen LogP contribution in [-0.4, -0.2) is 32.9 Å². The largest absolute Gasteiger partial charge is 0.493 e. The van der Waals surface area contributed by atoms with Gasteiger partial charge in [0.1, 0.15) is 5.75 Å². The van der Waals surface area contributed by atoms with Crippen molar-refractivity contribution >= 4 is 5.97 Å². The van der Waals surface area contributed by atoms with Crippen molar-refractivity contribution in [3.05, 3.63) is 77.4 Å². The zero-order chi connectivity index (χ0) is 24.8. The Morgan fingerprint density at radius 3 is 2.49 bits per heavy atom. The van der Waals surface area contributed by atoms with Gasteiger partial charge in [-0.3, -0.25) is 9.89 Å². The number of aliphatic carboxylic acids is 1. The number of carboxylic acids is 1. The third-order valence-corrected chi connectivity index (χ3v) is 6.11. The molecule has 0 aliphatic heterocycles. The lowest BCUT2D eigenvalue weighted by atomic mass is 9.98. The second-order valence-electron chi connectivity index (χ2n) is 8.72. The lowest BCUT2D eigenvalue weighted by Gasteiger charge is -2.13. The molecule has 3 aromatic carbocycles. The SMILES string of the molecule is CCOc1cc(-c2n[nH]c(-c3ccc(CCCCC(=O)O)cc3C)n2)ccc1-c1ccccc1C. The second-order valence-corrected chi connectivity index (χ2v) is 8.72. The molecule has 0 saturated carbocycles. The van der Waals surface area contributed by atoms with Gasteiger partial charge in [-0.15, -0.1) is 0 Å². The fourth-order valence-electron chi connectivity index (χ4n) is 4.30. The number of hydrogen-bond acceptors (Lipinski definition) is 4. The summed E-state index contributed by atoms with van der Waals surface area (Å²) >= 11 is 0. The summed E-state index contributed by atoms with van der Waals surface area (Å²) in [5, 5.41) is 16.4. The van der Waals surface area contributed by atoms with E-state index >= 15 is 0 Å². The van der Waals surface area contributed by atoms with Crippen LogP contribution in [-0.2, 0) is 11.2 Å². The van der Waals surface area contributed by atoms with Crippen LogP contribution in [0.1, 0.15) is 42.9 Å². The quantitative estimate of drug-likeness (QED) is 0.255. The van der Waals surface area contributed by atoms with E-state index in [9.17, 15) is 4.79 Å². The summed E-state index contributed by atoms with van der Waals surface area (Å²) in [6.07, 6.45) is 2.63. The van der Waals surface area contributed by atoms with Crippen LogP contribution in [0.15, 0.2) is 60.7 Å². The molecule has 1 heterocycles. The number of nitrogens with one attached hydrogen (secondary N) is 1. The van der Waals surface area contributed by atoms with E-state index in [0.29, 0.717) is 18.9 Å². The highest BCUT2D eigenvalue weighted by Gasteiger charge is 2.14. The third-order valence-electron chi connectivity index (χ3n) is 6.11. The van der Waals surface area contributed by atoms with Crippen molar-refractivity contribution in [2.24, 2.45) is 0 Å². The third kappa shape index (κ3) is 5.77. The zero-order valence-corrected chi connectivity index (χ0v) is 20.5. The van der Waals surface area contributed by atoms with Crippen LogP contribution >= 0.6 is 0 Å². The van der Waals surface area contributed by atoms with E-state index in [1.54, 1.807) is 0 Å². The van der Waals surface area contributed by atoms with Crippen molar-refractivity contribution in [1.82, 2.24) is 15.2 Å². The number of ether oxygens (including phenoxy) is 1. The number of aromatic amines is 1. The minimum Gasteiger partial charge on any atom is -0.493 e. The Labute approximate surface area is 206 Å². The van der Waals surface area contributed by atoms with E-state index in [1.807, 2.05) is 31.2 Å². The molecule has 180 valence electrons. The zero-order valence-electron chi connectivity index (χ0n) is 20.5. The molecule has 0 radical (unpaired) electrons. The Kier molecular flexibility index (Phi) is 7.60. The van der Waals surface area contributed by atoms with Crippen molar-refractivity contribution < 1.29 is 14.6 Å². The van der Waals surface area contributed by atoms with Gasteiger partial charge in [0.2, 0.25) is 0 Å². The summed E-state index contributed by atoms with van der Waals surface area (Å²) in [5.41, 5.74) is 7.59. The van der Waals surface area contributed by atoms with E-state index in [0.717, 1.165) is 52.2 Å². The standard InChI is InChI=1S/C29H31N3O3/c1-4-35-26-18-22(14-16-25(26)23-11-7-5-9-19(23)2)28-30-29(32-31-28)24-15-13-21(17-20(24)3)10-6-8-12-27(33)34/h5,7,9,11,13-18H,4,6,8,10,12H2,1-3H3,(H,33,34)(H,30,31,32). The van der Waals surface area contributed by atoms with Gasteiger partial charge in [0.05, 0.1) is 6.61 Å². The van der Waals surface area contributed by atoms with E-state index in [-0.39, 0.29) is 6.42 Å². The predicted molar refractivity (Wildman–Crippen MR) is 139 cm³/mol. The minimum atomic E-state index is -0.740. The number of nitrogens with zero attached hydrogens (tertiary/aromatic N) is 2. The molecule has 0 aliphatic rings. The van der Waals surface area contributed by atoms with E-state index in [1.165, 1.54) is 11.1 Å². The maximum absolute atomic E-state index is 10.7. The Balaban J connectivity index is 1.56. The molecular weight excluding hydrogens is 438 g/mol. The molecule has 2 N–H and O–H groups in total. The van der Waals surface area contributed by atoms with Gasteiger partial charge in [0.15, 0.2) is 11.6 Å². The molecule has 0 aliphatic carbocycles. The van der Waals surface area contributed by atoms with Crippen LogP contribution in [0.2, 0.25) is 0 Å². The van der Waals surface area contributed by atoms with Crippen LogP contribution in [0.3, 0.4) is 0 Å². The summed E-state index contributed by atoms with van der Waals surface area (Å²) in [4.78, 5) is 15.5. The lowest BCUT2D eigenvalue weighted by molar-refractivity contribution is -0.137. The number of aromatic nitrogens is 3. The first-order chi connectivity index (χ1) is 17.0. The van der Waals surface area contributed by atoms with Crippen LogP contribution < -0.4 is 4.74 Å². The van der Waals surface area contributed by atoms with E-state index in [2.05, 4.69) is 60.4 Å². The van der Waals surface area contributed by atoms with Gasteiger partial charge in [-0.25, -0.2) is 4.98 Å². The fraction of sp³-hybridized carbons (Fsp3) is 0.276. The number of H-pyrrole nitrogens is 1. The maximum atomic E-state index is 10.7. The van der Waals surface area contributed by atoms with Crippen molar-refractivity contribution in [3.8, 4) is 39.7 Å². The summed E-state index contributed by atoms with van der Waals surface area (Å²) in [7, 11) is 0. The first-order valence-electron chi connectivity index (χ1n) is 12.0. The summed E-state index contributed by atoms with van der Waals surface area (Å²) in [5.74, 6) is 1.41. The maximum Gasteiger partial charge on any atom is 0.303 e. The number of carboxylic acid groups (broad SMARTS) is 1. The van der Waals surface area contributed by atoms with Gasteiger partial charge in [-0.1, -0.05) is 48.5 Å². The molecule has 6 heteroatoms. The fourth-order valence-corrected chi connectivity index (χ4v) is 4.30. The molecule has 0 spiro atoms. The molecule has 35 heavy (non-hydrogen) atoms. The average molecular weight is 470 g/mol. The first-order valence-corrected chi connectivity index (χ1v) is 12.0. The summed E-state index contributed by atoms with van der Waals surface area (Å²) in [6.45, 7) is 6.72. The number of carbonyl (C=O) groups is 1. The summed E-state index contributed by atoms with van der Waals surface area (Å²) in [6, 6.07) is 20.7. The topological polar surface area (TPSA) is 88.1 Å². The molecule has 0 saturated heterocycles. The van der Waals surface area contributed by atoms with Crippen LogP contribution in [0, 0.1) is 13.8 Å². The normalized spacial score (nSPS) is 10.9. The molecule has 6 nitrogen and oxygen atoms in total. The van der Waals surface area contributed by atoms with E-state index < -0.39 is 5.97 Å². The van der Waals surface area contributed by atoms with Crippen LogP contribution in [0.25, 0.3) is 33.9 Å². The van der Waals surface area contributed by atoms with Gasteiger partial charge < -0.3 is 9.84 Å². The first kappa shape index (κ1) is 24.2. The summed E-state index contributed by atoms with van der Waals surface area (Å²) < 4.78 is 5.99. The van der Waals surface area contributed by atoms with Gasteiger partial charge in [0, 0.05) is 23.1 Å². The second kappa shape index (κ2) is 11.0. The van der Waals surface area contributed by atoms with Crippen molar-refractivity contribution in [2.75, 3.05) is 6.61 Å². The van der Waals surface area contributed by atoms with Crippen LogP contribution in [0.4, 0.5) is 0 Å². The van der Waals surface area contributed by atoms with Gasteiger partial charge in [0.25, 0.3) is 0 Å². The van der Waals surface area contributed by atoms with Gasteiger partial charge >= 0.3 is 5.97 Å². The molecule has 0 unspecified atom stereocenters. The van der Waals surface area contributed by atoms with Gasteiger partial charge in [-0.05, 0) is 74.4 Å². The molecule has 0 amide bonds. The van der Waals surface area contributed by atoms with Crippen molar-refractivity contribution in [2.45, 2.75) is 46.5 Å². The van der Waals surface area contributed by atoms with Crippen molar-refractivity contribution in [1.29, 1.82) is 0 Å². The van der Waals surface area contributed by atoms with E-state index in [4.69, 9.17) is 14.8 Å². The highest BCUT2D eigenvalue weighted by molar-refractivity contribution is 5.77. The molecule has 0 fully saturated rings. The Morgan fingerprint density at radius 2 is 1.74 bits per heavy atom. The Hall–Kier alpha value is -3.93. The minimum absolute atomic E-state index is 0.217. The molecule has 0 bridgehead atoms. The molecule has 1 aromatic heterocycles. The molecule has 4 aromatic rings. The monoisotopic (exact) mass is 469 g/mol. The highest BCUT2D eigenvalue weighted by Crippen LogP contribution is 2.35. The van der Waals surface area contributed by atoms with Crippen LogP contribution in [0.5, 0.6) is 5.75 Å². The molecule has 0 atom stereocenters. The molecular formula is C29H31N3O3. The Morgan fingerprint density at radius 1 is 0.943 bits per heavy atom. The molecule has 4 rings (SSSR count). The number of rotatable bonds is 10. The number of hydrogen-bond donors (Lipinski definition) is 2. The number of benzene rings is 3. The van der Waals surface area contributed by atoms with Gasteiger partial charge in [-0.2, -0.15) is 5.10 Å². The smallest absolute Gasteiger partial charge is 0.303 e.